The zero-order chi connectivity index (χ0) is 14.0. The van der Waals surface area contributed by atoms with E-state index in [1.807, 2.05) is 0 Å². The van der Waals surface area contributed by atoms with E-state index in [4.69, 9.17) is 0 Å². The maximum absolute atomic E-state index is 9.77. The topological polar surface area (TPSA) is 32.3 Å². The Morgan fingerprint density at radius 3 is 2.80 bits per heavy atom. The lowest BCUT2D eigenvalue weighted by Gasteiger charge is -2.28. The SMILES string of the molecule is Cc1ccccc1CSC1CCC(CO)(NC2CC2)C1. The fourth-order valence-corrected chi connectivity index (χ4v) is 4.64. The molecule has 2 fully saturated rings. The van der Waals surface area contributed by atoms with Crippen molar-refractivity contribution in [1.82, 2.24) is 5.32 Å². The Hall–Kier alpha value is -0.510. The summed E-state index contributed by atoms with van der Waals surface area (Å²) in [5, 5.41) is 14.1. The van der Waals surface area contributed by atoms with Crippen LogP contribution in [0.15, 0.2) is 24.3 Å². The number of hydrogen-bond acceptors (Lipinski definition) is 3. The highest BCUT2D eigenvalue weighted by Gasteiger charge is 2.42. The summed E-state index contributed by atoms with van der Waals surface area (Å²) < 4.78 is 0. The van der Waals surface area contributed by atoms with Gasteiger partial charge in [-0.3, -0.25) is 0 Å². The van der Waals surface area contributed by atoms with Crippen LogP contribution in [0.2, 0.25) is 0 Å². The molecule has 1 aromatic rings. The van der Waals surface area contributed by atoms with E-state index in [1.165, 1.54) is 30.4 Å². The molecule has 2 atom stereocenters. The van der Waals surface area contributed by atoms with Gasteiger partial charge in [0, 0.05) is 22.6 Å². The van der Waals surface area contributed by atoms with Crippen molar-refractivity contribution in [3.8, 4) is 0 Å². The monoisotopic (exact) mass is 291 g/mol. The van der Waals surface area contributed by atoms with E-state index in [9.17, 15) is 5.11 Å². The van der Waals surface area contributed by atoms with Gasteiger partial charge in [0.1, 0.15) is 0 Å². The molecule has 0 heterocycles. The predicted molar refractivity (Wildman–Crippen MR) is 86.1 cm³/mol. The van der Waals surface area contributed by atoms with Gasteiger partial charge < -0.3 is 10.4 Å². The van der Waals surface area contributed by atoms with Gasteiger partial charge in [-0.25, -0.2) is 0 Å². The van der Waals surface area contributed by atoms with Gasteiger partial charge in [0.15, 0.2) is 0 Å². The van der Waals surface area contributed by atoms with E-state index in [0.717, 1.165) is 18.6 Å². The summed E-state index contributed by atoms with van der Waals surface area (Å²) in [5.74, 6) is 1.10. The second kappa shape index (κ2) is 6.08. The van der Waals surface area contributed by atoms with Crippen LogP contribution in [0, 0.1) is 6.92 Å². The first-order chi connectivity index (χ1) is 9.71. The Balaban J connectivity index is 1.53. The number of aryl methyl sites for hydroxylation is 1. The molecule has 2 saturated carbocycles. The van der Waals surface area contributed by atoms with Crippen LogP contribution in [0.4, 0.5) is 0 Å². The van der Waals surface area contributed by atoms with Gasteiger partial charge in [-0.1, -0.05) is 24.3 Å². The lowest BCUT2D eigenvalue weighted by molar-refractivity contribution is 0.163. The smallest absolute Gasteiger partial charge is 0.0613 e. The molecule has 0 aromatic heterocycles. The van der Waals surface area contributed by atoms with Crippen LogP contribution in [-0.2, 0) is 5.75 Å². The molecule has 2 aliphatic carbocycles. The van der Waals surface area contributed by atoms with Crippen LogP contribution >= 0.6 is 11.8 Å². The summed E-state index contributed by atoms with van der Waals surface area (Å²) in [7, 11) is 0. The van der Waals surface area contributed by atoms with E-state index >= 15 is 0 Å². The molecule has 20 heavy (non-hydrogen) atoms. The van der Waals surface area contributed by atoms with Crippen molar-refractivity contribution in [2.75, 3.05) is 6.61 Å². The molecular formula is C17H25NOS. The Kier molecular flexibility index (Phi) is 4.39. The number of aliphatic hydroxyl groups excluding tert-OH is 1. The van der Waals surface area contributed by atoms with E-state index in [2.05, 4.69) is 48.3 Å². The first-order valence-electron chi connectivity index (χ1n) is 7.75. The zero-order valence-electron chi connectivity index (χ0n) is 12.3. The molecule has 2 aliphatic rings. The molecule has 0 bridgehead atoms. The first kappa shape index (κ1) is 14.4. The fourth-order valence-electron chi connectivity index (χ4n) is 3.18. The second-order valence-electron chi connectivity index (χ2n) is 6.46. The molecule has 3 rings (SSSR count). The standard InChI is InChI=1S/C17H25NOS/c1-13-4-2-3-5-14(13)11-20-16-8-9-17(10-16,12-19)18-15-6-7-15/h2-5,15-16,18-19H,6-12H2,1H3. The van der Waals surface area contributed by atoms with E-state index in [-0.39, 0.29) is 5.54 Å². The van der Waals surface area contributed by atoms with Crippen LogP contribution in [0.3, 0.4) is 0 Å². The first-order valence-corrected chi connectivity index (χ1v) is 8.80. The average molecular weight is 291 g/mol. The largest absolute Gasteiger partial charge is 0.394 e. The van der Waals surface area contributed by atoms with Crippen LogP contribution in [-0.4, -0.2) is 28.5 Å². The van der Waals surface area contributed by atoms with Gasteiger partial charge in [-0.15, -0.1) is 0 Å². The number of rotatable bonds is 6. The van der Waals surface area contributed by atoms with Crippen molar-refractivity contribution < 1.29 is 5.11 Å². The molecule has 110 valence electrons. The maximum atomic E-state index is 9.77. The molecule has 2 N–H and O–H groups in total. The molecule has 0 aliphatic heterocycles. The van der Waals surface area contributed by atoms with Gasteiger partial charge in [0.25, 0.3) is 0 Å². The Labute approximate surface area is 126 Å². The van der Waals surface area contributed by atoms with Gasteiger partial charge in [0.05, 0.1) is 6.61 Å². The number of hydrogen-bond donors (Lipinski definition) is 2. The number of nitrogens with one attached hydrogen (secondary N) is 1. The highest BCUT2D eigenvalue weighted by atomic mass is 32.2. The number of benzene rings is 1. The fraction of sp³-hybridized carbons (Fsp3) is 0.647. The maximum Gasteiger partial charge on any atom is 0.0613 e. The summed E-state index contributed by atoms with van der Waals surface area (Å²) in [6, 6.07) is 9.35. The minimum absolute atomic E-state index is 0.0184. The Morgan fingerprint density at radius 1 is 1.30 bits per heavy atom. The number of thioether (sulfide) groups is 1. The van der Waals surface area contributed by atoms with Crippen molar-refractivity contribution in [1.29, 1.82) is 0 Å². The Morgan fingerprint density at radius 2 is 2.10 bits per heavy atom. The van der Waals surface area contributed by atoms with Crippen molar-refractivity contribution in [3.05, 3.63) is 35.4 Å². The molecule has 0 amide bonds. The minimum atomic E-state index is 0.0184. The van der Waals surface area contributed by atoms with Crippen molar-refractivity contribution >= 4 is 11.8 Å². The summed E-state index contributed by atoms with van der Waals surface area (Å²) in [4.78, 5) is 0. The summed E-state index contributed by atoms with van der Waals surface area (Å²) in [6.07, 6.45) is 6.07. The third kappa shape index (κ3) is 3.38. The quantitative estimate of drug-likeness (QED) is 0.844. The molecule has 0 spiro atoms. The van der Waals surface area contributed by atoms with Crippen LogP contribution in [0.25, 0.3) is 0 Å². The lowest BCUT2D eigenvalue weighted by atomic mass is 9.99. The molecule has 2 nitrogen and oxygen atoms in total. The molecular weight excluding hydrogens is 266 g/mol. The van der Waals surface area contributed by atoms with Crippen molar-refractivity contribution in [3.63, 3.8) is 0 Å². The van der Waals surface area contributed by atoms with Crippen LogP contribution in [0.1, 0.15) is 43.2 Å². The third-order valence-corrected chi connectivity index (χ3v) is 6.04. The molecule has 0 radical (unpaired) electrons. The van der Waals surface area contributed by atoms with Crippen LogP contribution < -0.4 is 5.32 Å². The van der Waals surface area contributed by atoms with Gasteiger partial charge in [-0.05, 0) is 50.2 Å². The second-order valence-corrected chi connectivity index (χ2v) is 7.75. The normalized spacial score (nSPS) is 29.8. The van der Waals surface area contributed by atoms with E-state index in [0.29, 0.717) is 17.9 Å². The molecule has 2 unspecified atom stereocenters. The molecule has 0 saturated heterocycles. The van der Waals surface area contributed by atoms with Gasteiger partial charge >= 0.3 is 0 Å². The van der Waals surface area contributed by atoms with Gasteiger partial charge in [-0.2, -0.15) is 11.8 Å². The zero-order valence-corrected chi connectivity index (χ0v) is 13.1. The highest BCUT2D eigenvalue weighted by molar-refractivity contribution is 7.99. The average Bonchev–Trinajstić information content (AvgIpc) is 3.17. The summed E-state index contributed by atoms with van der Waals surface area (Å²) in [6.45, 7) is 2.49. The molecule has 3 heteroatoms. The van der Waals surface area contributed by atoms with Crippen molar-refractivity contribution in [2.45, 2.75) is 61.6 Å². The van der Waals surface area contributed by atoms with Crippen molar-refractivity contribution in [2.24, 2.45) is 0 Å². The Bertz CT molecular complexity index is 460. The summed E-state index contributed by atoms with van der Waals surface area (Å²) in [5.41, 5.74) is 2.86. The van der Waals surface area contributed by atoms with E-state index in [1.54, 1.807) is 0 Å². The minimum Gasteiger partial charge on any atom is -0.394 e. The third-order valence-electron chi connectivity index (χ3n) is 4.69. The lowest BCUT2D eigenvalue weighted by Crippen LogP contribution is -2.47. The number of aliphatic hydroxyl groups is 1. The summed E-state index contributed by atoms with van der Waals surface area (Å²) >= 11 is 2.07. The van der Waals surface area contributed by atoms with Crippen LogP contribution in [0.5, 0.6) is 0 Å². The predicted octanol–water partition coefficient (Wildman–Crippen LogP) is 3.26. The highest BCUT2D eigenvalue weighted by Crippen LogP contribution is 2.40. The van der Waals surface area contributed by atoms with Gasteiger partial charge in [0.2, 0.25) is 0 Å². The molecule has 1 aromatic carbocycles. The van der Waals surface area contributed by atoms with E-state index < -0.39 is 0 Å².